The van der Waals surface area contributed by atoms with Crippen LogP contribution in [0.5, 0.6) is 0 Å². The standard InChI is InChI=1S/C21H30O/c1-3-14-11-20-19-7-5-16-10-15(13-22)4-6-17(16)18(19)8-9-21(20,2)12-14/h4,6,10,14,18-20,22H,3,5,7-9,11-13H2,1-2H3/t14?,18?,19?,20?,21-/m1/s1. The summed E-state index contributed by atoms with van der Waals surface area (Å²) in [7, 11) is 0. The smallest absolute Gasteiger partial charge is 0.0681 e. The number of rotatable bonds is 2. The molecule has 22 heavy (non-hydrogen) atoms. The Labute approximate surface area is 135 Å². The maximum absolute atomic E-state index is 9.38. The van der Waals surface area contributed by atoms with Crippen LogP contribution in [0.2, 0.25) is 0 Å². The van der Waals surface area contributed by atoms with Crippen LogP contribution in [0, 0.1) is 23.2 Å². The van der Waals surface area contributed by atoms with Crippen molar-refractivity contribution in [3.05, 3.63) is 34.9 Å². The Kier molecular flexibility index (Phi) is 3.60. The molecule has 0 spiro atoms. The highest BCUT2D eigenvalue weighted by Gasteiger charge is 2.52. The summed E-state index contributed by atoms with van der Waals surface area (Å²) < 4.78 is 0. The van der Waals surface area contributed by atoms with E-state index in [9.17, 15) is 5.11 Å². The van der Waals surface area contributed by atoms with E-state index in [1.54, 1.807) is 5.56 Å². The van der Waals surface area contributed by atoms with E-state index in [1.165, 1.54) is 50.5 Å². The first-order chi connectivity index (χ1) is 10.6. The molecule has 3 aliphatic rings. The van der Waals surface area contributed by atoms with Crippen LogP contribution in [0.15, 0.2) is 18.2 Å². The van der Waals surface area contributed by atoms with E-state index in [4.69, 9.17) is 0 Å². The molecule has 0 bridgehead atoms. The zero-order valence-corrected chi connectivity index (χ0v) is 14.1. The summed E-state index contributed by atoms with van der Waals surface area (Å²) in [5.41, 5.74) is 4.87. The summed E-state index contributed by atoms with van der Waals surface area (Å²) in [6, 6.07) is 6.76. The summed E-state index contributed by atoms with van der Waals surface area (Å²) in [5.74, 6) is 3.65. The van der Waals surface area contributed by atoms with Gasteiger partial charge in [-0.05, 0) is 84.3 Å². The Morgan fingerprint density at radius 3 is 2.91 bits per heavy atom. The summed E-state index contributed by atoms with van der Waals surface area (Å²) in [6.07, 6.45) is 9.76. The van der Waals surface area contributed by atoms with E-state index in [1.807, 2.05) is 0 Å². The molecule has 0 heterocycles. The highest BCUT2D eigenvalue weighted by atomic mass is 16.3. The van der Waals surface area contributed by atoms with Gasteiger partial charge in [0.05, 0.1) is 6.61 Å². The maximum atomic E-state index is 9.38. The minimum atomic E-state index is 0.181. The average molecular weight is 298 g/mol. The lowest BCUT2D eigenvalue weighted by Crippen LogP contribution is -2.39. The fourth-order valence-electron chi connectivity index (χ4n) is 6.25. The van der Waals surface area contributed by atoms with Crippen LogP contribution in [0.4, 0.5) is 0 Å². The van der Waals surface area contributed by atoms with Gasteiger partial charge in [-0.1, -0.05) is 38.5 Å². The molecule has 5 atom stereocenters. The summed E-state index contributed by atoms with van der Waals surface area (Å²) in [4.78, 5) is 0. The second-order valence-corrected chi connectivity index (χ2v) is 8.51. The van der Waals surface area contributed by atoms with Gasteiger partial charge >= 0.3 is 0 Å². The molecule has 2 fully saturated rings. The number of fused-ring (bicyclic) bond motifs is 5. The van der Waals surface area contributed by atoms with Gasteiger partial charge in [0.15, 0.2) is 0 Å². The average Bonchev–Trinajstić information content (AvgIpc) is 2.90. The Morgan fingerprint density at radius 1 is 1.27 bits per heavy atom. The highest BCUT2D eigenvalue weighted by molar-refractivity contribution is 5.38. The number of hydrogen-bond acceptors (Lipinski definition) is 1. The molecule has 1 heteroatoms. The zero-order chi connectivity index (χ0) is 15.3. The largest absolute Gasteiger partial charge is 0.392 e. The Hall–Kier alpha value is -0.820. The molecule has 4 unspecified atom stereocenters. The lowest BCUT2D eigenvalue weighted by Gasteiger charge is -2.49. The molecule has 120 valence electrons. The predicted molar refractivity (Wildman–Crippen MR) is 90.8 cm³/mol. The van der Waals surface area contributed by atoms with Crippen molar-refractivity contribution in [3.63, 3.8) is 0 Å². The predicted octanol–water partition coefficient (Wildman–Crippen LogP) is 5.06. The number of aliphatic hydroxyl groups excluding tert-OH is 1. The molecule has 0 aromatic heterocycles. The molecule has 0 amide bonds. The summed E-state index contributed by atoms with van der Waals surface area (Å²) in [5, 5.41) is 9.38. The fourth-order valence-corrected chi connectivity index (χ4v) is 6.25. The van der Waals surface area contributed by atoms with Crippen molar-refractivity contribution in [2.75, 3.05) is 0 Å². The molecule has 2 saturated carbocycles. The van der Waals surface area contributed by atoms with E-state index in [-0.39, 0.29) is 6.61 Å². The molecule has 4 rings (SSSR count). The first-order valence-corrected chi connectivity index (χ1v) is 9.37. The van der Waals surface area contributed by atoms with Gasteiger partial charge in [0.1, 0.15) is 0 Å². The van der Waals surface area contributed by atoms with Crippen molar-refractivity contribution >= 4 is 0 Å². The molecule has 1 N–H and O–H groups in total. The van der Waals surface area contributed by atoms with Crippen molar-refractivity contribution in [2.45, 2.75) is 71.3 Å². The second-order valence-electron chi connectivity index (χ2n) is 8.51. The summed E-state index contributed by atoms with van der Waals surface area (Å²) >= 11 is 0. The molecule has 1 aromatic carbocycles. The number of benzene rings is 1. The van der Waals surface area contributed by atoms with Gasteiger partial charge in [0.2, 0.25) is 0 Å². The molecule has 0 aliphatic heterocycles. The number of aliphatic hydroxyl groups is 1. The van der Waals surface area contributed by atoms with Crippen LogP contribution in [0.25, 0.3) is 0 Å². The van der Waals surface area contributed by atoms with Crippen molar-refractivity contribution in [2.24, 2.45) is 23.2 Å². The Morgan fingerprint density at radius 2 is 2.14 bits per heavy atom. The van der Waals surface area contributed by atoms with Gasteiger partial charge in [0.25, 0.3) is 0 Å². The number of aryl methyl sites for hydroxylation is 1. The van der Waals surface area contributed by atoms with E-state index in [2.05, 4.69) is 32.0 Å². The van der Waals surface area contributed by atoms with Crippen LogP contribution in [-0.2, 0) is 13.0 Å². The lowest BCUT2D eigenvalue weighted by atomic mass is 9.56. The van der Waals surface area contributed by atoms with Gasteiger partial charge in [0, 0.05) is 0 Å². The van der Waals surface area contributed by atoms with Crippen molar-refractivity contribution < 1.29 is 5.11 Å². The normalized spacial score (nSPS) is 40.0. The van der Waals surface area contributed by atoms with Crippen molar-refractivity contribution in [1.82, 2.24) is 0 Å². The monoisotopic (exact) mass is 298 g/mol. The van der Waals surface area contributed by atoms with Gasteiger partial charge < -0.3 is 5.11 Å². The van der Waals surface area contributed by atoms with Gasteiger partial charge in [-0.3, -0.25) is 0 Å². The SMILES string of the molecule is CCC1CC2C3CCc4cc(CO)ccc4C3CC[C@]2(C)C1. The van der Waals surface area contributed by atoms with E-state index < -0.39 is 0 Å². The minimum absolute atomic E-state index is 0.181. The van der Waals surface area contributed by atoms with Crippen LogP contribution in [0.1, 0.15) is 75.0 Å². The lowest BCUT2D eigenvalue weighted by molar-refractivity contribution is 0.0598. The molecule has 1 nitrogen and oxygen atoms in total. The van der Waals surface area contributed by atoms with Crippen LogP contribution in [0.3, 0.4) is 0 Å². The van der Waals surface area contributed by atoms with Gasteiger partial charge in [-0.25, -0.2) is 0 Å². The zero-order valence-electron chi connectivity index (χ0n) is 14.1. The molecule has 1 aromatic rings. The maximum Gasteiger partial charge on any atom is 0.0681 e. The Balaban J connectivity index is 1.65. The first-order valence-electron chi connectivity index (χ1n) is 9.37. The fraction of sp³-hybridized carbons (Fsp3) is 0.714. The van der Waals surface area contributed by atoms with E-state index >= 15 is 0 Å². The third-order valence-corrected chi connectivity index (χ3v) is 7.41. The van der Waals surface area contributed by atoms with Crippen LogP contribution in [-0.4, -0.2) is 5.11 Å². The van der Waals surface area contributed by atoms with Crippen LogP contribution >= 0.6 is 0 Å². The third-order valence-electron chi connectivity index (χ3n) is 7.41. The van der Waals surface area contributed by atoms with E-state index in [0.29, 0.717) is 5.41 Å². The first kappa shape index (κ1) is 14.8. The molecular weight excluding hydrogens is 268 g/mol. The van der Waals surface area contributed by atoms with E-state index in [0.717, 1.165) is 29.2 Å². The summed E-state index contributed by atoms with van der Waals surface area (Å²) in [6.45, 7) is 5.16. The molecule has 0 radical (unpaired) electrons. The molecule has 3 aliphatic carbocycles. The van der Waals surface area contributed by atoms with Crippen molar-refractivity contribution in [1.29, 1.82) is 0 Å². The van der Waals surface area contributed by atoms with Crippen LogP contribution < -0.4 is 0 Å². The van der Waals surface area contributed by atoms with Gasteiger partial charge in [-0.2, -0.15) is 0 Å². The topological polar surface area (TPSA) is 20.2 Å². The molecule has 0 saturated heterocycles. The van der Waals surface area contributed by atoms with Gasteiger partial charge in [-0.15, -0.1) is 0 Å². The third kappa shape index (κ3) is 2.16. The number of hydrogen-bond donors (Lipinski definition) is 1. The van der Waals surface area contributed by atoms with Crippen molar-refractivity contribution in [3.8, 4) is 0 Å². The highest BCUT2D eigenvalue weighted by Crippen LogP contribution is 2.62. The Bertz CT molecular complexity index is 563. The minimum Gasteiger partial charge on any atom is -0.392 e. The molecular formula is C21H30O. The second kappa shape index (κ2) is 5.37. The quantitative estimate of drug-likeness (QED) is 0.809.